The van der Waals surface area contributed by atoms with Crippen LogP contribution in [-0.2, 0) is 4.79 Å². The smallest absolute Gasteiger partial charge is 0.308 e. The van der Waals surface area contributed by atoms with Gasteiger partial charge in [-0.1, -0.05) is 18.5 Å². The van der Waals surface area contributed by atoms with Crippen LogP contribution in [0.3, 0.4) is 0 Å². The van der Waals surface area contributed by atoms with Crippen LogP contribution in [0.4, 0.5) is 0 Å². The van der Waals surface area contributed by atoms with Gasteiger partial charge in [-0.05, 0) is 44.0 Å². The normalized spacial score (nSPS) is 15.0. The SMILES string of the molecule is Cc1c(C(=O)N(CC(C)C(=O)O)C2CC2)cnn1-c1ccc(Cl)cc1. The lowest BCUT2D eigenvalue weighted by molar-refractivity contribution is -0.141. The molecule has 1 N–H and O–H groups in total. The van der Waals surface area contributed by atoms with Crippen LogP contribution in [0.1, 0.15) is 35.8 Å². The molecule has 2 aromatic rings. The fourth-order valence-electron chi connectivity index (χ4n) is 2.77. The number of nitrogens with zero attached hydrogens (tertiary/aromatic N) is 3. The Morgan fingerprint density at radius 3 is 2.56 bits per heavy atom. The summed E-state index contributed by atoms with van der Waals surface area (Å²) in [5.74, 6) is -1.66. The van der Waals surface area contributed by atoms with E-state index in [4.69, 9.17) is 16.7 Å². The highest BCUT2D eigenvalue weighted by molar-refractivity contribution is 6.30. The number of carboxylic acids is 1. The van der Waals surface area contributed by atoms with Crippen LogP contribution in [0.2, 0.25) is 5.02 Å². The van der Waals surface area contributed by atoms with Crippen LogP contribution >= 0.6 is 11.6 Å². The van der Waals surface area contributed by atoms with E-state index in [0.29, 0.717) is 10.6 Å². The van der Waals surface area contributed by atoms with Gasteiger partial charge >= 0.3 is 5.97 Å². The minimum Gasteiger partial charge on any atom is -0.481 e. The third-order valence-corrected chi connectivity index (χ3v) is 4.70. The number of hydrogen-bond donors (Lipinski definition) is 1. The molecule has 1 heterocycles. The Labute approximate surface area is 151 Å². The summed E-state index contributed by atoms with van der Waals surface area (Å²) in [6.07, 6.45) is 3.39. The highest BCUT2D eigenvalue weighted by atomic mass is 35.5. The summed E-state index contributed by atoms with van der Waals surface area (Å²) in [6, 6.07) is 7.34. The van der Waals surface area contributed by atoms with Crippen molar-refractivity contribution >= 4 is 23.5 Å². The lowest BCUT2D eigenvalue weighted by Gasteiger charge is -2.24. The second-order valence-electron chi connectivity index (χ2n) is 6.46. The zero-order valence-corrected chi connectivity index (χ0v) is 14.9. The van der Waals surface area contributed by atoms with Crippen molar-refractivity contribution in [1.29, 1.82) is 0 Å². The molecular weight excluding hydrogens is 342 g/mol. The van der Waals surface area contributed by atoms with E-state index in [1.807, 2.05) is 19.1 Å². The van der Waals surface area contributed by atoms with E-state index in [-0.39, 0.29) is 18.5 Å². The Morgan fingerprint density at radius 2 is 2.00 bits per heavy atom. The van der Waals surface area contributed by atoms with Crippen molar-refractivity contribution in [2.45, 2.75) is 32.7 Å². The molecule has 1 amide bonds. The number of halogens is 1. The average molecular weight is 362 g/mol. The molecule has 1 saturated carbocycles. The monoisotopic (exact) mass is 361 g/mol. The zero-order chi connectivity index (χ0) is 18.1. The molecule has 7 heteroatoms. The van der Waals surface area contributed by atoms with Gasteiger partial charge in [-0.25, -0.2) is 4.68 Å². The first-order valence-electron chi connectivity index (χ1n) is 8.23. The summed E-state index contributed by atoms with van der Waals surface area (Å²) in [5.41, 5.74) is 2.04. The third-order valence-electron chi connectivity index (χ3n) is 4.45. The number of hydrogen-bond acceptors (Lipinski definition) is 3. The molecule has 1 aromatic heterocycles. The predicted octanol–water partition coefficient (Wildman–Crippen LogP) is 3.16. The molecule has 0 radical (unpaired) electrons. The number of aromatic nitrogens is 2. The number of amides is 1. The van der Waals surface area contributed by atoms with Gasteiger partial charge in [0.1, 0.15) is 0 Å². The Morgan fingerprint density at radius 1 is 1.36 bits per heavy atom. The first-order chi connectivity index (χ1) is 11.9. The molecule has 0 saturated heterocycles. The highest BCUT2D eigenvalue weighted by Gasteiger charge is 2.36. The van der Waals surface area contributed by atoms with Gasteiger partial charge in [0, 0.05) is 17.6 Å². The van der Waals surface area contributed by atoms with Crippen molar-refractivity contribution in [3.05, 3.63) is 46.7 Å². The lowest BCUT2D eigenvalue weighted by atomic mass is 10.1. The van der Waals surface area contributed by atoms with Crippen LogP contribution in [0.25, 0.3) is 5.69 Å². The molecule has 132 valence electrons. The molecule has 25 heavy (non-hydrogen) atoms. The summed E-state index contributed by atoms with van der Waals surface area (Å²) in [7, 11) is 0. The maximum Gasteiger partial charge on any atom is 0.308 e. The number of carbonyl (C=O) groups excluding carboxylic acids is 1. The molecule has 1 atom stereocenters. The van der Waals surface area contributed by atoms with E-state index >= 15 is 0 Å². The number of carboxylic acid groups (broad SMARTS) is 1. The number of benzene rings is 1. The third kappa shape index (κ3) is 3.69. The van der Waals surface area contributed by atoms with E-state index < -0.39 is 11.9 Å². The van der Waals surface area contributed by atoms with Crippen LogP contribution < -0.4 is 0 Å². The van der Waals surface area contributed by atoms with Crippen LogP contribution in [0.5, 0.6) is 0 Å². The van der Waals surface area contributed by atoms with Crippen molar-refractivity contribution in [3.8, 4) is 5.69 Å². The standard InChI is InChI=1S/C18H20ClN3O3/c1-11(18(24)25)10-21(14-7-8-14)17(23)16-9-20-22(12(16)2)15-5-3-13(19)4-6-15/h3-6,9,11,14H,7-8,10H2,1-2H3,(H,24,25). The van der Waals surface area contributed by atoms with Crippen molar-refractivity contribution in [1.82, 2.24) is 14.7 Å². The zero-order valence-electron chi connectivity index (χ0n) is 14.1. The molecule has 1 aromatic carbocycles. The van der Waals surface area contributed by atoms with Crippen LogP contribution in [-0.4, -0.2) is 44.3 Å². The van der Waals surface area contributed by atoms with Crippen molar-refractivity contribution in [2.24, 2.45) is 5.92 Å². The van der Waals surface area contributed by atoms with Gasteiger partial charge in [0.15, 0.2) is 0 Å². The first kappa shape index (κ1) is 17.5. The predicted molar refractivity (Wildman–Crippen MR) is 94.2 cm³/mol. The molecule has 1 aliphatic carbocycles. The molecule has 0 aliphatic heterocycles. The summed E-state index contributed by atoms with van der Waals surface area (Å²) in [6.45, 7) is 3.67. The van der Waals surface area contributed by atoms with Gasteiger partial charge in [-0.3, -0.25) is 9.59 Å². The molecule has 1 unspecified atom stereocenters. The number of aliphatic carboxylic acids is 1. The van der Waals surface area contributed by atoms with Crippen LogP contribution in [0, 0.1) is 12.8 Å². The maximum atomic E-state index is 13.0. The summed E-state index contributed by atoms with van der Waals surface area (Å²) in [4.78, 5) is 25.8. The van der Waals surface area contributed by atoms with Crippen molar-refractivity contribution in [2.75, 3.05) is 6.54 Å². The highest BCUT2D eigenvalue weighted by Crippen LogP contribution is 2.30. The Bertz CT molecular complexity index is 796. The van der Waals surface area contributed by atoms with E-state index in [1.54, 1.807) is 34.8 Å². The van der Waals surface area contributed by atoms with E-state index in [2.05, 4.69) is 5.10 Å². The quantitative estimate of drug-likeness (QED) is 0.857. The molecule has 3 rings (SSSR count). The summed E-state index contributed by atoms with van der Waals surface area (Å²) in [5, 5.41) is 14.1. The Hall–Kier alpha value is -2.34. The Balaban J connectivity index is 1.86. The average Bonchev–Trinajstić information content (AvgIpc) is 3.35. The lowest BCUT2D eigenvalue weighted by Crippen LogP contribution is -2.38. The van der Waals surface area contributed by atoms with E-state index in [0.717, 1.165) is 24.2 Å². The first-order valence-corrected chi connectivity index (χ1v) is 8.60. The fourth-order valence-corrected chi connectivity index (χ4v) is 2.90. The second-order valence-corrected chi connectivity index (χ2v) is 6.90. The fraction of sp³-hybridized carbons (Fsp3) is 0.389. The molecule has 6 nitrogen and oxygen atoms in total. The van der Waals surface area contributed by atoms with Gasteiger partial charge in [0.05, 0.1) is 29.1 Å². The maximum absolute atomic E-state index is 13.0. The van der Waals surface area contributed by atoms with Gasteiger partial charge in [0.25, 0.3) is 5.91 Å². The van der Waals surface area contributed by atoms with Gasteiger partial charge in [-0.15, -0.1) is 0 Å². The second kappa shape index (κ2) is 6.88. The molecule has 0 bridgehead atoms. The number of rotatable bonds is 6. The van der Waals surface area contributed by atoms with Crippen molar-refractivity contribution < 1.29 is 14.7 Å². The van der Waals surface area contributed by atoms with Gasteiger partial charge in [0.2, 0.25) is 0 Å². The minimum absolute atomic E-state index is 0.132. The molecule has 1 fully saturated rings. The number of carbonyl (C=O) groups is 2. The van der Waals surface area contributed by atoms with Gasteiger partial charge < -0.3 is 10.0 Å². The van der Waals surface area contributed by atoms with Crippen molar-refractivity contribution in [3.63, 3.8) is 0 Å². The Kier molecular flexibility index (Phi) is 4.81. The largest absolute Gasteiger partial charge is 0.481 e. The topological polar surface area (TPSA) is 75.4 Å². The summed E-state index contributed by atoms with van der Waals surface area (Å²) < 4.78 is 1.69. The van der Waals surface area contributed by atoms with E-state index in [1.165, 1.54) is 0 Å². The van der Waals surface area contributed by atoms with E-state index in [9.17, 15) is 9.59 Å². The molecule has 0 spiro atoms. The summed E-state index contributed by atoms with van der Waals surface area (Å²) >= 11 is 5.91. The minimum atomic E-state index is -0.896. The van der Waals surface area contributed by atoms with Gasteiger partial charge in [-0.2, -0.15) is 5.10 Å². The molecular formula is C18H20ClN3O3. The van der Waals surface area contributed by atoms with Crippen LogP contribution in [0.15, 0.2) is 30.5 Å². The molecule has 1 aliphatic rings.